The Kier molecular flexibility index (Phi) is 4.32. The molecule has 0 saturated carbocycles. The number of hydrogen-bond acceptors (Lipinski definition) is 2. The molecule has 1 rings (SSSR count). The Morgan fingerprint density at radius 2 is 2.21 bits per heavy atom. The zero-order valence-corrected chi connectivity index (χ0v) is 8.47. The monoisotopic (exact) mass is 217 g/mol. The Morgan fingerprint density at radius 3 is 2.79 bits per heavy atom. The van der Waals surface area contributed by atoms with E-state index in [1.807, 2.05) is 0 Å². The summed E-state index contributed by atoms with van der Waals surface area (Å²) in [6.07, 6.45) is 1.26. The fourth-order valence-corrected chi connectivity index (χ4v) is 1.58. The molecular formula is C10H13ClFNO. The molecule has 0 aromatic heterocycles. The molecule has 1 atom stereocenters. The van der Waals surface area contributed by atoms with Crippen molar-refractivity contribution in [2.75, 3.05) is 6.61 Å². The van der Waals surface area contributed by atoms with Crippen molar-refractivity contribution in [2.45, 2.75) is 18.9 Å². The second-order valence-electron chi connectivity index (χ2n) is 3.14. The third kappa shape index (κ3) is 2.94. The molecule has 3 N–H and O–H groups in total. The number of hydrogen-bond donors (Lipinski definition) is 2. The molecule has 0 aliphatic heterocycles. The van der Waals surface area contributed by atoms with Crippen molar-refractivity contribution >= 4 is 11.6 Å². The van der Waals surface area contributed by atoms with Gasteiger partial charge >= 0.3 is 0 Å². The summed E-state index contributed by atoms with van der Waals surface area (Å²) >= 11 is 5.82. The highest BCUT2D eigenvalue weighted by Gasteiger charge is 2.10. The third-order valence-corrected chi connectivity index (χ3v) is 2.36. The highest BCUT2D eigenvalue weighted by atomic mass is 35.5. The van der Waals surface area contributed by atoms with E-state index in [0.717, 1.165) is 5.56 Å². The molecule has 0 aliphatic carbocycles. The van der Waals surface area contributed by atoms with Crippen LogP contribution in [-0.4, -0.2) is 11.7 Å². The standard InChI is InChI=1S/C10H13ClFNO/c11-9-6-7(12)3-4-8(9)10(13)2-1-5-14/h3-4,6,10,14H,1-2,5,13H2/t10-/m1/s1. The van der Waals surface area contributed by atoms with Crippen LogP contribution < -0.4 is 5.73 Å². The second kappa shape index (κ2) is 5.29. The van der Waals surface area contributed by atoms with Crippen molar-refractivity contribution in [3.05, 3.63) is 34.6 Å². The predicted molar refractivity (Wildman–Crippen MR) is 54.7 cm³/mol. The molecule has 0 heterocycles. The fraction of sp³-hybridized carbons (Fsp3) is 0.400. The van der Waals surface area contributed by atoms with Gasteiger partial charge in [-0.25, -0.2) is 4.39 Å². The zero-order chi connectivity index (χ0) is 10.6. The van der Waals surface area contributed by atoms with Crippen LogP contribution in [0.3, 0.4) is 0 Å². The van der Waals surface area contributed by atoms with Crippen LogP contribution in [0.4, 0.5) is 4.39 Å². The van der Waals surface area contributed by atoms with E-state index in [9.17, 15) is 4.39 Å². The first-order valence-corrected chi connectivity index (χ1v) is 4.84. The van der Waals surface area contributed by atoms with Gasteiger partial charge in [-0.15, -0.1) is 0 Å². The van der Waals surface area contributed by atoms with E-state index in [1.165, 1.54) is 12.1 Å². The summed E-state index contributed by atoms with van der Waals surface area (Å²) in [7, 11) is 0. The van der Waals surface area contributed by atoms with E-state index in [4.69, 9.17) is 22.4 Å². The Hall–Kier alpha value is -0.640. The summed E-state index contributed by atoms with van der Waals surface area (Å²) in [5.41, 5.74) is 6.54. The Morgan fingerprint density at radius 1 is 1.50 bits per heavy atom. The number of halogens is 2. The lowest BCUT2D eigenvalue weighted by atomic mass is 10.0. The number of rotatable bonds is 4. The van der Waals surface area contributed by atoms with Crippen LogP contribution >= 0.6 is 11.6 Å². The van der Waals surface area contributed by atoms with Gasteiger partial charge < -0.3 is 10.8 Å². The number of nitrogens with two attached hydrogens (primary N) is 1. The largest absolute Gasteiger partial charge is 0.396 e. The van der Waals surface area contributed by atoms with Gasteiger partial charge in [-0.1, -0.05) is 17.7 Å². The highest BCUT2D eigenvalue weighted by Crippen LogP contribution is 2.24. The first-order valence-electron chi connectivity index (χ1n) is 4.46. The van der Waals surface area contributed by atoms with Crippen molar-refractivity contribution in [3.63, 3.8) is 0 Å². The molecule has 1 aromatic rings. The number of benzene rings is 1. The van der Waals surface area contributed by atoms with Crippen molar-refractivity contribution in [2.24, 2.45) is 5.73 Å². The summed E-state index contributed by atoms with van der Waals surface area (Å²) < 4.78 is 12.7. The van der Waals surface area contributed by atoms with Crippen LogP contribution in [0.5, 0.6) is 0 Å². The van der Waals surface area contributed by atoms with Gasteiger partial charge in [-0.3, -0.25) is 0 Å². The maximum absolute atomic E-state index is 12.7. The minimum atomic E-state index is -0.367. The molecule has 2 nitrogen and oxygen atoms in total. The number of aliphatic hydroxyl groups is 1. The molecule has 0 amide bonds. The van der Waals surface area contributed by atoms with Crippen LogP contribution in [0.25, 0.3) is 0 Å². The van der Waals surface area contributed by atoms with Gasteiger partial charge in [0.2, 0.25) is 0 Å². The van der Waals surface area contributed by atoms with E-state index in [0.29, 0.717) is 17.9 Å². The molecule has 14 heavy (non-hydrogen) atoms. The molecule has 0 bridgehead atoms. The van der Waals surface area contributed by atoms with Gasteiger partial charge in [0, 0.05) is 17.7 Å². The second-order valence-corrected chi connectivity index (χ2v) is 3.55. The average molecular weight is 218 g/mol. The van der Waals surface area contributed by atoms with E-state index in [-0.39, 0.29) is 18.5 Å². The van der Waals surface area contributed by atoms with Crippen LogP contribution in [-0.2, 0) is 0 Å². The first kappa shape index (κ1) is 11.4. The molecule has 4 heteroatoms. The fourth-order valence-electron chi connectivity index (χ4n) is 1.27. The normalized spacial score (nSPS) is 12.9. The van der Waals surface area contributed by atoms with Crippen molar-refractivity contribution < 1.29 is 9.50 Å². The summed E-state index contributed by atoms with van der Waals surface area (Å²) in [4.78, 5) is 0. The van der Waals surface area contributed by atoms with E-state index in [1.54, 1.807) is 6.07 Å². The summed E-state index contributed by atoms with van der Waals surface area (Å²) in [6, 6.07) is 3.92. The molecule has 0 fully saturated rings. The van der Waals surface area contributed by atoms with Gasteiger partial charge in [0.1, 0.15) is 5.82 Å². The van der Waals surface area contributed by atoms with Gasteiger partial charge in [-0.05, 0) is 30.5 Å². The van der Waals surface area contributed by atoms with Gasteiger partial charge in [0.15, 0.2) is 0 Å². The van der Waals surface area contributed by atoms with E-state index in [2.05, 4.69) is 0 Å². The lowest BCUT2D eigenvalue weighted by molar-refractivity contribution is 0.280. The van der Waals surface area contributed by atoms with E-state index >= 15 is 0 Å². The van der Waals surface area contributed by atoms with Crippen molar-refractivity contribution in [3.8, 4) is 0 Å². The predicted octanol–water partition coefficient (Wildman–Crippen LogP) is 2.25. The van der Waals surface area contributed by atoms with E-state index < -0.39 is 0 Å². The minimum Gasteiger partial charge on any atom is -0.396 e. The van der Waals surface area contributed by atoms with Crippen LogP contribution in [0, 0.1) is 5.82 Å². The Bertz CT molecular complexity index is 306. The maximum atomic E-state index is 12.7. The SMILES string of the molecule is N[C@H](CCCO)c1ccc(F)cc1Cl. The molecule has 1 aromatic carbocycles. The zero-order valence-electron chi connectivity index (χ0n) is 7.71. The molecule has 0 spiro atoms. The van der Waals surface area contributed by atoms with Crippen LogP contribution in [0.2, 0.25) is 5.02 Å². The highest BCUT2D eigenvalue weighted by molar-refractivity contribution is 6.31. The molecule has 0 saturated heterocycles. The van der Waals surface area contributed by atoms with Gasteiger partial charge in [-0.2, -0.15) is 0 Å². The minimum absolute atomic E-state index is 0.104. The maximum Gasteiger partial charge on any atom is 0.124 e. The third-order valence-electron chi connectivity index (χ3n) is 2.04. The lowest BCUT2D eigenvalue weighted by Crippen LogP contribution is -2.11. The average Bonchev–Trinajstić information content (AvgIpc) is 2.14. The van der Waals surface area contributed by atoms with Crippen LogP contribution in [0.15, 0.2) is 18.2 Å². The molecular weight excluding hydrogens is 205 g/mol. The van der Waals surface area contributed by atoms with Crippen LogP contribution in [0.1, 0.15) is 24.4 Å². The van der Waals surface area contributed by atoms with Gasteiger partial charge in [0.25, 0.3) is 0 Å². The number of aliphatic hydroxyl groups excluding tert-OH is 1. The Balaban J connectivity index is 2.74. The summed E-state index contributed by atoms with van der Waals surface area (Å²) in [5, 5.41) is 8.97. The topological polar surface area (TPSA) is 46.2 Å². The summed E-state index contributed by atoms with van der Waals surface area (Å²) in [6.45, 7) is 0.104. The van der Waals surface area contributed by atoms with Crippen molar-refractivity contribution in [1.29, 1.82) is 0 Å². The molecule has 78 valence electrons. The Labute approximate surface area is 87.5 Å². The quantitative estimate of drug-likeness (QED) is 0.813. The molecule has 0 aliphatic rings. The molecule has 0 unspecified atom stereocenters. The smallest absolute Gasteiger partial charge is 0.124 e. The summed E-state index contributed by atoms with van der Waals surface area (Å²) in [5.74, 6) is -0.367. The lowest BCUT2D eigenvalue weighted by Gasteiger charge is -2.12. The van der Waals surface area contributed by atoms with Gasteiger partial charge in [0.05, 0.1) is 0 Å². The first-order chi connectivity index (χ1) is 6.65. The molecule has 0 radical (unpaired) electrons. The van der Waals surface area contributed by atoms with Crippen molar-refractivity contribution in [1.82, 2.24) is 0 Å².